The third kappa shape index (κ3) is 2.73. The van der Waals surface area contributed by atoms with Crippen molar-refractivity contribution in [1.82, 2.24) is 9.78 Å². The number of nitrogens with one attached hydrogen (secondary N) is 1. The van der Waals surface area contributed by atoms with E-state index >= 15 is 0 Å². The number of furan rings is 1. The molecule has 0 atom stereocenters. The summed E-state index contributed by atoms with van der Waals surface area (Å²) in [6.45, 7) is 3.48. The second kappa shape index (κ2) is 5.31. The number of carbonyl (C=O) groups excluding carboxylic acids is 1. The highest BCUT2D eigenvalue weighted by Crippen LogP contribution is 2.20. The van der Waals surface area contributed by atoms with E-state index in [1.165, 1.54) is 10.7 Å². The topological polar surface area (TPSA) is 123 Å². The van der Waals surface area contributed by atoms with E-state index in [0.717, 1.165) is 0 Å². The summed E-state index contributed by atoms with van der Waals surface area (Å²) >= 11 is 0. The molecule has 112 valence electrons. The van der Waals surface area contributed by atoms with E-state index in [4.69, 9.17) is 15.3 Å². The number of rotatable bonds is 5. The van der Waals surface area contributed by atoms with Crippen LogP contribution in [0.4, 0.5) is 5.82 Å². The Hall–Kier alpha value is -2.77. The summed E-state index contributed by atoms with van der Waals surface area (Å²) in [6, 6.07) is 1.44. The van der Waals surface area contributed by atoms with Gasteiger partial charge in [0.15, 0.2) is 0 Å². The summed E-state index contributed by atoms with van der Waals surface area (Å²) < 4.78 is 6.86. The Kier molecular flexibility index (Phi) is 3.70. The minimum absolute atomic E-state index is 0.114. The van der Waals surface area contributed by atoms with Gasteiger partial charge in [0.2, 0.25) is 0 Å². The average molecular weight is 292 g/mol. The molecule has 8 heteroatoms. The van der Waals surface area contributed by atoms with Gasteiger partial charge >= 0.3 is 5.97 Å². The Bertz CT molecular complexity index is 714. The van der Waals surface area contributed by atoms with Gasteiger partial charge in [-0.05, 0) is 19.9 Å². The van der Waals surface area contributed by atoms with Crippen LogP contribution >= 0.6 is 0 Å². The number of aromatic carboxylic acids is 1. The van der Waals surface area contributed by atoms with Crippen LogP contribution in [0.15, 0.2) is 10.5 Å². The van der Waals surface area contributed by atoms with Gasteiger partial charge in [0.25, 0.3) is 5.91 Å². The van der Waals surface area contributed by atoms with Gasteiger partial charge in [0.1, 0.15) is 28.5 Å². The van der Waals surface area contributed by atoms with Crippen LogP contribution in [0, 0.1) is 13.8 Å². The van der Waals surface area contributed by atoms with E-state index in [9.17, 15) is 9.59 Å². The number of primary amides is 1. The second-order valence-corrected chi connectivity index (χ2v) is 4.64. The number of aromatic nitrogens is 2. The number of carboxylic acid groups (broad SMARTS) is 1. The van der Waals surface area contributed by atoms with Gasteiger partial charge in [-0.1, -0.05) is 0 Å². The third-order valence-electron chi connectivity index (χ3n) is 3.10. The molecule has 0 radical (unpaired) electrons. The second-order valence-electron chi connectivity index (χ2n) is 4.64. The fraction of sp³-hybridized carbons (Fsp3) is 0.308. The minimum atomic E-state index is -1.04. The number of anilines is 1. The number of aryl methyl sites for hydroxylation is 3. The molecule has 0 aromatic carbocycles. The number of hydrogen-bond donors (Lipinski definition) is 3. The van der Waals surface area contributed by atoms with Gasteiger partial charge in [-0.2, -0.15) is 5.10 Å². The number of carbonyl (C=O) groups is 2. The summed E-state index contributed by atoms with van der Waals surface area (Å²) in [7, 11) is 1.68. The molecule has 0 spiro atoms. The van der Waals surface area contributed by atoms with Gasteiger partial charge < -0.3 is 20.6 Å². The van der Waals surface area contributed by atoms with Crippen molar-refractivity contribution in [2.75, 3.05) is 5.32 Å². The lowest BCUT2D eigenvalue weighted by molar-refractivity contribution is 0.0694. The maximum atomic E-state index is 11.4. The van der Waals surface area contributed by atoms with Gasteiger partial charge in [-0.25, -0.2) is 4.79 Å². The fourth-order valence-electron chi connectivity index (χ4n) is 2.17. The SMILES string of the molecule is Cc1nn(C)c(NCc2cc(C(=O)O)c(C)o2)c1C(N)=O. The van der Waals surface area contributed by atoms with Crippen molar-refractivity contribution in [1.29, 1.82) is 0 Å². The van der Waals surface area contributed by atoms with Gasteiger partial charge in [-0.15, -0.1) is 0 Å². The highest BCUT2D eigenvalue weighted by molar-refractivity contribution is 5.98. The van der Waals surface area contributed by atoms with Crippen LogP contribution in [-0.4, -0.2) is 26.8 Å². The van der Waals surface area contributed by atoms with Crippen LogP contribution in [0.25, 0.3) is 0 Å². The number of amides is 1. The standard InChI is InChI=1S/C13H16N4O4/c1-6-10(11(14)18)12(17(3)16-6)15-5-8-4-9(13(19)20)7(2)21-8/h4,15H,5H2,1-3H3,(H2,14,18)(H,19,20). The highest BCUT2D eigenvalue weighted by Gasteiger charge is 2.19. The van der Waals surface area contributed by atoms with Crippen molar-refractivity contribution in [3.8, 4) is 0 Å². The van der Waals surface area contributed by atoms with Gasteiger partial charge in [-0.3, -0.25) is 9.48 Å². The van der Waals surface area contributed by atoms with E-state index in [-0.39, 0.29) is 12.1 Å². The van der Waals surface area contributed by atoms with Crippen molar-refractivity contribution in [3.63, 3.8) is 0 Å². The summed E-state index contributed by atoms with van der Waals surface area (Å²) in [6.07, 6.45) is 0. The van der Waals surface area contributed by atoms with Crippen LogP contribution in [0.2, 0.25) is 0 Å². The molecule has 2 aromatic heterocycles. The Morgan fingerprint density at radius 3 is 2.67 bits per heavy atom. The molecule has 0 saturated carbocycles. The molecule has 2 rings (SSSR count). The van der Waals surface area contributed by atoms with Crippen molar-refractivity contribution < 1.29 is 19.1 Å². The molecule has 0 aliphatic rings. The molecule has 4 N–H and O–H groups in total. The lowest BCUT2D eigenvalue weighted by Crippen LogP contribution is -2.15. The first-order chi connectivity index (χ1) is 9.81. The maximum Gasteiger partial charge on any atom is 0.339 e. The molecule has 0 aliphatic heterocycles. The quantitative estimate of drug-likeness (QED) is 0.756. The lowest BCUT2D eigenvalue weighted by Gasteiger charge is -2.06. The molecule has 2 heterocycles. The third-order valence-corrected chi connectivity index (χ3v) is 3.10. The Balaban J connectivity index is 2.23. The molecule has 2 aromatic rings. The first-order valence-electron chi connectivity index (χ1n) is 6.21. The van der Waals surface area contributed by atoms with Crippen LogP contribution in [0.3, 0.4) is 0 Å². The zero-order valence-electron chi connectivity index (χ0n) is 11.9. The molecular formula is C13H16N4O4. The molecule has 21 heavy (non-hydrogen) atoms. The number of nitrogens with zero attached hydrogens (tertiary/aromatic N) is 2. The fourth-order valence-corrected chi connectivity index (χ4v) is 2.17. The molecule has 8 nitrogen and oxygen atoms in total. The van der Waals surface area contributed by atoms with Crippen molar-refractivity contribution >= 4 is 17.7 Å². The molecule has 0 bridgehead atoms. The van der Waals surface area contributed by atoms with Crippen LogP contribution < -0.4 is 11.1 Å². The Labute approximate surface area is 120 Å². The summed E-state index contributed by atoms with van der Waals surface area (Å²) in [5.74, 6) is -0.387. The zero-order chi connectivity index (χ0) is 15.7. The molecule has 1 amide bonds. The van der Waals surface area contributed by atoms with Crippen LogP contribution in [0.1, 0.15) is 37.9 Å². The summed E-state index contributed by atoms with van der Waals surface area (Å²) in [5, 5.41) is 16.1. The van der Waals surface area contributed by atoms with E-state index in [0.29, 0.717) is 28.6 Å². The average Bonchev–Trinajstić information content (AvgIpc) is 2.87. The summed E-state index contributed by atoms with van der Waals surface area (Å²) in [5.41, 5.74) is 6.27. The number of carboxylic acids is 1. The molecule has 0 aliphatic carbocycles. The minimum Gasteiger partial charge on any atom is -0.478 e. The summed E-state index contributed by atoms with van der Waals surface area (Å²) in [4.78, 5) is 22.4. The van der Waals surface area contributed by atoms with E-state index in [2.05, 4.69) is 10.4 Å². The molecular weight excluding hydrogens is 276 g/mol. The molecule has 0 fully saturated rings. The van der Waals surface area contributed by atoms with E-state index in [1.807, 2.05) is 0 Å². The first kappa shape index (κ1) is 14.6. The zero-order valence-corrected chi connectivity index (χ0v) is 11.9. The first-order valence-corrected chi connectivity index (χ1v) is 6.21. The predicted octanol–water partition coefficient (Wildman–Crippen LogP) is 1.04. The highest BCUT2D eigenvalue weighted by atomic mass is 16.4. The maximum absolute atomic E-state index is 11.4. The van der Waals surface area contributed by atoms with E-state index < -0.39 is 11.9 Å². The smallest absolute Gasteiger partial charge is 0.339 e. The van der Waals surface area contributed by atoms with Crippen LogP contribution in [0.5, 0.6) is 0 Å². The van der Waals surface area contributed by atoms with Crippen molar-refractivity contribution in [2.24, 2.45) is 12.8 Å². The Morgan fingerprint density at radius 1 is 1.48 bits per heavy atom. The van der Waals surface area contributed by atoms with Crippen LogP contribution in [-0.2, 0) is 13.6 Å². The monoisotopic (exact) mass is 292 g/mol. The van der Waals surface area contributed by atoms with E-state index in [1.54, 1.807) is 20.9 Å². The number of nitrogens with two attached hydrogens (primary N) is 1. The molecule has 0 saturated heterocycles. The van der Waals surface area contributed by atoms with Crippen molar-refractivity contribution in [3.05, 3.63) is 34.4 Å². The van der Waals surface area contributed by atoms with Gasteiger partial charge in [0.05, 0.1) is 12.2 Å². The van der Waals surface area contributed by atoms with Crippen molar-refractivity contribution in [2.45, 2.75) is 20.4 Å². The Morgan fingerprint density at radius 2 is 2.14 bits per heavy atom. The van der Waals surface area contributed by atoms with Gasteiger partial charge in [0, 0.05) is 7.05 Å². The largest absolute Gasteiger partial charge is 0.478 e. The molecule has 0 unspecified atom stereocenters. The lowest BCUT2D eigenvalue weighted by atomic mass is 10.2. The normalized spacial score (nSPS) is 10.6. The number of hydrogen-bond acceptors (Lipinski definition) is 5. The predicted molar refractivity (Wildman–Crippen MR) is 74.2 cm³/mol.